The summed E-state index contributed by atoms with van der Waals surface area (Å²) in [6.07, 6.45) is 6.19. The van der Waals surface area contributed by atoms with Gasteiger partial charge >= 0.3 is 0 Å². The maximum atomic E-state index is 6.06. The predicted molar refractivity (Wildman–Crippen MR) is 81.6 cm³/mol. The van der Waals surface area contributed by atoms with Crippen molar-refractivity contribution in [2.45, 2.75) is 39.0 Å². The molecular formula is C18H20O. The third-order valence-corrected chi connectivity index (χ3v) is 3.74. The normalized spacial score (nSPS) is 11.4. The Balaban J connectivity index is 1.90. The number of rotatable bonds is 5. The molecule has 98 valence electrons. The van der Waals surface area contributed by atoms with Crippen molar-refractivity contribution in [1.82, 2.24) is 0 Å². The van der Waals surface area contributed by atoms with Crippen LogP contribution in [0.2, 0.25) is 0 Å². The van der Waals surface area contributed by atoms with Crippen LogP contribution < -0.4 is 0 Å². The van der Waals surface area contributed by atoms with E-state index in [-0.39, 0.29) is 0 Å². The summed E-state index contributed by atoms with van der Waals surface area (Å²) in [5, 5.41) is 3.70. The van der Waals surface area contributed by atoms with E-state index in [0.717, 1.165) is 17.8 Å². The highest BCUT2D eigenvalue weighted by atomic mass is 16.3. The SMILES string of the molecule is CCCCCCc1cc2ccc3ccccc3c2o1. The lowest BCUT2D eigenvalue weighted by atomic mass is 10.1. The largest absolute Gasteiger partial charge is 0.460 e. The van der Waals surface area contributed by atoms with E-state index < -0.39 is 0 Å². The molecule has 1 nitrogen and oxygen atoms in total. The average molecular weight is 252 g/mol. The lowest BCUT2D eigenvalue weighted by Crippen LogP contribution is -1.81. The molecule has 0 bridgehead atoms. The minimum atomic E-state index is 1.04. The molecule has 0 aliphatic carbocycles. The quantitative estimate of drug-likeness (QED) is 0.530. The van der Waals surface area contributed by atoms with E-state index in [1.165, 1.54) is 41.8 Å². The first kappa shape index (κ1) is 12.3. The fourth-order valence-corrected chi connectivity index (χ4v) is 2.67. The molecule has 3 rings (SSSR count). The van der Waals surface area contributed by atoms with E-state index in [1.807, 2.05) is 0 Å². The van der Waals surface area contributed by atoms with Crippen molar-refractivity contribution < 1.29 is 4.42 Å². The molecule has 1 aromatic heterocycles. The van der Waals surface area contributed by atoms with Gasteiger partial charge in [-0.05, 0) is 17.9 Å². The van der Waals surface area contributed by atoms with Crippen molar-refractivity contribution in [3.8, 4) is 0 Å². The van der Waals surface area contributed by atoms with Crippen LogP contribution in [0.3, 0.4) is 0 Å². The van der Waals surface area contributed by atoms with E-state index >= 15 is 0 Å². The van der Waals surface area contributed by atoms with Gasteiger partial charge in [-0.25, -0.2) is 0 Å². The maximum Gasteiger partial charge on any atom is 0.142 e. The second-order valence-corrected chi connectivity index (χ2v) is 5.23. The van der Waals surface area contributed by atoms with Gasteiger partial charge in [0.1, 0.15) is 11.3 Å². The minimum absolute atomic E-state index is 1.04. The summed E-state index contributed by atoms with van der Waals surface area (Å²) >= 11 is 0. The fraction of sp³-hybridized carbons (Fsp3) is 0.333. The van der Waals surface area contributed by atoms with E-state index in [1.54, 1.807) is 0 Å². The van der Waals surface area contributed by atoms with Crippen LogP contribution in [0.5, 0.6) is 0 Å². The number of hydrogen-bond acceptors (Lipinski definition) is 1. The number of fused-ring (bicyclic) bond motifs is 3. The molecule has 0 spiro atoms. The summed E-state index contributed by atoms with van der Waals surface area (Å²) in [4.78, 5) is 0. The zero-order chi connectivity index (χ0) is 13.1. The molecule has 0 fully saturated rings. The van der Waals surface area contributed by atoms with Crippen LogP contribution in [0.25, 0.3) is 21.7 Å². The monoisotopic (exact) mass is 252 g/mol. The Morgan fingerprint density at radius 3 is 2.63 bits per heavy atom. The summed E-state index contributed by atoms with van der Waals surface area (Å²) in [5.74, 6) is 1.13. The molecule has 0 saturated carbocycles. The third kappa shape index (κ3) is 2.51. The van der Waals surface area contributed by atoms with Gasteiger partial charge in [-0.1, -0.05) is 62.6 Å². The molecule has 0 radical (unpaired) electrons. The molecule has 0 unspecified atom stereocenters. The van der Waals surface area contributed by atoms with Gasteiger partial charge in [-0.2, -0.15) is 0 Å². The molecule has 2 aromatic carbocycles. The Morgan fingerprint density at radius 1 is 0.895 bits per heavy atom. The lowest BCUT2D eigenvalue weighted by molar-refractivity contribution is 0.529. The van der Waals surface area contributed by atoms with Crippen molar-refractivity contribution in [3.63, 3.8) is 0 Å². The molecule has 3 aromatic rings. The number of hydrogen-bond donors (Lipinski definition) is 0. The first-order valence-electron chi connectivity index (χ1n) is 7.28. The van der Waals surface area contributed by atoms with Gasteiger partial charge in [0, 0.05) is 17.2 Å². The maximum absolute atomic E-state index is 6.06. The van der Waals surface area contributed by atoms with E-state index in [2.05, 4.69) is 49.4 Å². The van der Waals surface area contributed by atoms with Crippen molar-refractivity contribution in [3.05, 3.63) is 48.2 Å². The van der Waals surface area contributed by atoms with Crippen molar-refractivity contribution in [2.75, 3.05) is 0 Å². The van der Waals surface area contributed by atoms with E-state index in [4.69, 9.17) is 4.42 Å². The molecular weight excluding hydrogens is 232 g/mol. The third-order valence-electron chi connectivity index (χ3n) is 3.74. The summed E-state index contributed by atoms with van der Waals surface area (Å²) in [6, 6.07) is 15.0. The standard InChI is InChI=1S/C18H20O/c1-2-3-4-5-9-16-13-15-12-11-14-8-6-7-10-17(14)18(15)19-16/h6-8,10-13H,2-5,9H2,1H3. The van der Waals surface area contributed by atoms with Crippen LogP contribution >= 0.6 is 0 Å². The van der Waals surface area contributed by atoms with Crippen LogP contribution in [0.1, 0.15) is 38.4 Å². The molecule has 0 aliphatic rings. The van der Waals surface area contributed by atoms with Gasteiger partial charge in [0.05, 0.1) is 0 Å². The molecule has 1 heteroatoms. The smallest absolute Gasteiger partial charge is 0.142 e. The number of furan rings is 1. The average Bonchev–Trinajstić information content (AvgIpc) is 2.87. The van der Waals surface area contributed by atoms with Crippen molar-refractivity contribution in [2.24, 2.45) is 0 Å². The van der Waals surface area contributed by atoms with Gasteiger partial charge < -0.3 is 4.42 Å². The van der Waals surface area contributed by atoms with Crippen LogP contribution in [-0.2, 0) is 6.42 Å². The summed E-state index contributed by atoms with van der Waals surface area (Å²) in [6.45, 7) is 2.24. The molecule has 0 saturated heterocycles. The zero-order valence-electron chi connectivity index (χ0n) is 11.5. The Kier molecular flexibility index (Phi) is 3.54. The lowest BCUT2D eigenvalue weighted by Gasteiger charge is -1.98. The van der Waals surface area contributed by atoms with Crippen LogP contribution in [-0.4, -0.2) is 0 Å². The number of benzene rings is 2. The van der Waals surface area contributed by atoms with Crippen LogP contribution in [0.15, 0.2) is 46.9 Å². The van der Waals surface area contributed by atoms with Gasteiger partial charge in [-0.3, -0.25) is 0 Å². The summed E-state index contributed by atoms with van der Waals surface area (Å²) in [7, 11) is 0. The van der Waals surface area contributed by atoms with E-state index in [0.29, 0.717) is 0 Å². The van der Waals surface area contributed by atoms with E-state index in [9.17, 15) is 0 Å². The highest BCUT2D eigenvalue weighted by Crippen LogP contribution is 2.28. The molecule has 0 atom stereocenters. The predicted octanol–water partition coefficient (Wildman–Crippen LogP) is 5.71. The summed E-state index contributed by atoms with van der Waals surface area (Å²) in [5.41, 5.74) is 1.04. The minimum Gasteiger partial charge on any atom is -0.460 e. The zero-order valence-corrected chi connectivity index (χ0v) is 11.5. The first-order chi connectivity index (χ1) is 9.38. The summed E-state index contributed by atoms with van der Waals surface area (Å²) < 4.78 is 6.06. The molecule has 0 amide bonds. The highest BCUT2D eigenvalue weighted by Gasteiger charge is 2.07. The highest BCUT2D eigenvalue weighted by molar-refractivity contribution is 6.04. The second-order valence-electron chi connectivity index (χ2n) is 5.23. The van der Waals surface area contributed by atoms with Gasteiger partial charge in [0.25, 0.3) is 0 Å². The molecule has 1 heterocycles. The Labute approximate surface area is 114 Å². The van der Waals surface area contributed by atoms with Crippen LogP contribution in [0, 0.1) is 0 Å². The first-order valence-corrected chi connectivity index (χ1v) is 7.28. The van der Waals surface area contributed by atoms with Gasteiger partial charge in [0.2, 0.25) is 0 Å². The molecule has 19 heavy (non-hydrogen) atoms. The van der Waals surface area contributed by atoms with Gasteiger partial charge in [-0.15, -0.1) is 0 Å². The molecule has 0 N–H and O–H groups in total. The fourth-order valence-electron chi connectivity index (χ4n) is 2.67. The Bertz CT molecular complexity index is 678. The number of unbranched alkanes of at least 4 members (excludes halogenated alkanes) is 3. The topological polar surface area (TPSA) is 13.1 Å². The number of aryl methyl sites for hydroxylation is 1. The van der Waals surface area contributed by atoms with Crippen LogP contribution in [0.4, 0.5) is 0 Å². The van der Waals surface area contributed by atoms with Crippen molar-refractivity contribution >= 4 is 21.7 Å². The molecule has 0 aliphatic heterocycles. The van der Waals surface area contributed by atoms with Crippen molar-refractivity contribution in [1.29, 1.82) is 0 Å². The second kappa shape index (κ2) is 5.48. The Hall–Kier alpha value is -1.76. The Morgan fingerprint density at radius 2 is 1.74 bits per heavy atom. The van der Waals surface area contributed by atoms with Gasteiger partial charge in [0.15, 0.2) is 0 Å².